The molecule has 0 spiro atoms. The summed E-state index contributed by atoms with van der Waals surface area (Å²) in [6.45, 7) is 0. The molecule has 0 bridgehead atoms. The van der Waals surface area contributed by atoms with Gasteiger partial charge in [-0.1, -0.05) is 36.4 Å². The molecule has 0 saturated heterocycles. The van der Waals surface area contributed by atoms with E-state index in [1.807, 2.05) is 0 Å². The van der Waals surface area contributed by atoms with Crippen molar-refractivity contribution in [2.24, 2.45) is 0 Å². The van der Waals surface area contributed by atoms with Crippen LogP contribution in [0, 0.1) is 0 Å². The van der Waals surface area contributed by atoms with Crippen LogP contribution in [0.5, 0.6) is 5.75 Å². The molecule has 5 heteroatoms. The molecule has 1 heterocycles. The molecule has 2 nitrogen and oxygen atoms in total. The number of benzene rings is 2. The third-order valence-electron chi connectivity index (χ3n) is 3.69. The first kappa shape index (κ1) is 16.1. The van der Waals surface area contributed by atoms with E-state index < -0.39 is 11.7 Å². The molecule has 122 valence electrons. The lowest BCUT2D eigenvalue weighted by molar-refractivity contribution is -0.138. The van der Waals surface area contributed by atoms with Crippen molar-refractivity contribution in [2.45, 2.75) is 6.18 Å². The molecule has 3 rings (SSSR count). The SMILES string of the molecule is COc1cc(-c2cccnc2)cc(-c2ccccc2)c1C(F)(F)F. The lowest BCUT2D eigenvalue weighted by Crippen LogP contribution is -2.10. The molecule has 0 N–H and O–H groups in total. The Labute approximate surface area is 137 Å². The molecule has 0 unspecified atom stereocenters. The van der Waals surface area contributed by atoms with Crippen LogP contribution in [0.1, 0.15) is 5.56 Å². The molecule has 24 heavy (non-hydrogen) atoms. The third kappa shape index (κ3) is 3.11. The second-order valence-corrected chi connectivity index (χ2v) is 5.21. The average Bonchev–Trinajstić information content (AvgIpc) is 2.61. The maximum Gasteiger partial charge on any atom is 0.420 e. The lowest BCUT2D eigenvalue weighted by atomic mass is 9.94. The summed E-state index contributed by atoms with van der Waals surface area (Å²) in [5.74, 6) is -0.206. The van der Waals surface area contributed by atoms with Gasteiger partial charge in [0.05, 0.1) is 7.11 Å². The number of alkyl halides is 3. The number of ether oxygens (including phenoxy) is 1. The highest BCUT2D eigenvalue weighted by Crippen LogP contribution is 2.45. The van der Waals surface area contributed by atoms with Crippen molar-refractivity contribution in [3.05, 3.63) is 72.6 Å². The summed E-state index contributed by atoms with van der Waals surface area (Å²) in [6.07, 6.45) is -1.30. The van der Waals surface area contributed by atoms with Crippen LogP contribution < -0.4 is 4.74 Å². The van der Waals surface area contributed by atoms with E-state index in [4.69, 9.17) is 4.74 Å². The van der Waals surface area contributed by atoms with Crippen LogP contribution in [0.2, 0.25) is 0 Å². The fraction of sp³-hybridized carbons (Fsp3) is 0.105. The summed E-state index contributed by atoms with van der Waals surface area (Å²) < 4.78 is 45.9. The van der Waals surface area contributed by atoms with Crippen molar-refractivity contribution in [3.8, 4) is 28.0 Å². The Hall–Kier alpha value is -2.82. The van der Waals surface area contributed by atoms with E-state index in [2.05, 4.69) is 4.98 Å². The molecular formula is C19H14F3NO. The first-order chi connectivity index (χ1) is 11.5. The van der Waals surface area contributed by atoms with Crippen LogP contribution in [0.4, 0.5) is 13.2 Å². The molecule has 0 aliphatic carbocycles. The predicted molar refractivity (Wildman–Crippen MR) is 86.7 cm³/mol. The molecule has 0 saturated carbocycles. The predicted octanol–water partition coefficient (Wildman–Crippen LogP) is 5.44. The first-order valence-corrected chi connectivity index (χ1v) is 7.26. The molecule has 0 amide bonds. The Morgan fingerprint density at radius 1 is 0.875 bits per heavy atom. The van der Waals surface area contributed by atoms with Crippen molar-refractivity contribution < 1.29 is 17.9 Å². The number of nitrogens with zero attached hydrogens (tertiary/aromatic N) is 1. The summed E-state index contributed by atoms with van der Waals surface area (Å²) in [5, 5.41) is 0. The van der Waals surface area contributed by atoms with E-state index in [0.717, 1.165) is 5.56 Å². The number of hydrogen-bond acceptors (Lipinski definition) is 2. The summed E-state index contributed by atoms with van der Waals surface area (Å²) in [4.78, 5) is 4.03. The molecule has 1 aromatic heterocycles. The summed E-state index contributed by atoms with van der Waals surface area (Å²) in [5.41, 5.74) is 1.13. The van der Waals surface area contributed by atoms with Crippen molar-refractivity contribution in [1.82, 2.24) is 4.98 Å². The first-order valence-electron chi connectivity index (χ1n) is 7.26. The Morgan fingerprint density at radius 2 is 1.58 bits per heavy atom. The zero-order valence-electron chi connectivity index (χ0n) is 12.8. The van der Waals surface area contributed by atoms with E-state index in [0.29, 0.717) is 11.1 Å². The van der Waals surface area contributed by atoms with Gasteiger partial charge in [-0.3, -0.25) is 4.98 Å². The minimum absolute atomic E-state index is 0.0845. The largest absolute Gasteiger partial charge is 0.496 e. The number of rotatable bonds is 3. The average molecular weight is 329 g/mol. The number of aromatic nitrogens is 1. The van der Waals surface area contributed by atoms with Gasteiger partial charge in [-0.25, -0.2) is 0 Å². The van der Waals surface area contributed by atoms with Gasteiger partial charge >= 0.3 is 6.18 Å². The van der Waals surface area contributed by atoms with Gasteiger partial charge < -0.3 is 4.74 Å². The van der Waals surface area contributed by atoms with E-state index >= 15 is 0 Å². The van der Waals surface area contributed by atoms with Gasteiger partial charge in [-0.15, -0.1) is 0 Å². The third-order valence-corrected chi connectivity index (χ3v) is 3.69. The van der Waals surface area contributed by atoms with Crippen LogP contribution in [0.15, 0.2) is 67.0 Å². The number of halogens is 3. The lowest BCUT2D eigenvalue weighted by Gasteiger charge is -2.18. The topological polar surface area (TPSA) is 22.1 Å². The quantitative estimate of drug-likeness (QED) is 0.638. The monoisotopic (exact) mass is 329 g/mol. The Bertz CT molecular complexity index is 830. The standard InChI is InChI=1S/C19H14F3NO/c1-24-17-11-15(14-8-5-9-23-12-14)10-16(18(17)19(20,21)22)13-6-3-2-4-7-13/h2-12H,1H3. The number of methoxy groups -OCH3 is 1. The Morgan fingerprint density at radius 3 is 2.17 bits per heavy atom. The molecule has 0 aliphatic heterocycles. The van der Waals surface area contributed by atoms with Crippen molar-refractivity contribution in [2.75, 3.05) is 7.11 Å². The molecule has 3 aromatic rings. The molecule has 2 aromatic carbocycles. The van der Waals surface area contributed by atoms with Crippen LogP contribution in [-0.2, 0) is 6.18 Å². The molecule has 0 aliphatic rings. The number of pyridine rings is 1. The molecule has 0 atom stereocenters. The number of hydrogen-bond donors (Lipinski definition) is 0. The van der Waals surface area contributed by atoms with E-state index in [-0.39, 0.29) is 11.3 Å². The van der Waals surface area contributed by atoms with Crippen LogP contribution in [0.25, 0.3) is 22.3 Å². The molecule has 0 fully saturated rings. The smallest absolute Gasteiger partial charge is 0.420 e. The minimum atomic E-state index is -4.52. The second-order valence-electron chi connectivity index (χ2n) is 5.21. The maximum atomic E-state index is 13.6. The molecular weight excluding hydrogens is 315 g/mol. The van der Waals surface area contributed by atoms with Crippen LogP contribution >= 0.6 is 0 Å². The highest BCUT2D eigenvalue weighted by Gasteiger charge is 2.37. The van der Waals surface area contributed by atoms with Gasteiger partial charge in [0.15, 0.2) is 0 Å². The Kier molecular flexibility index (Phi) is 4.25. The van der Waals surface area contributed by atoms with Crippen molar-refractivity contribution >= 4 is 0 Å². The van der Waals surface area contributed by atoms with Gasteiger partial charge in [0, 0.05) is 18.0 Å². The van der Waals surface area contributed by atoms with E-state index in [1.54, 1.807) is 54.9 Å². The summed E-state index contributed by atoms with van der Waals surface area (Å²) in [6, 6.07) is 14.9. The van der Waals surface area contributed by atoms with Gasteiger partial charge in [0.1, 0.15) is 11.3 Å². The van der Waals surface area contributed by atoms with Crippen LogP contribution in [-0.4, -0.2) is 12.1 Å². The minimum Gasteiger partial charge on any atom is -0.496 e. The van der Waals surface area contributed by atoms with Crippen LogP contribution in [0.3, 0.4) is 0 Å². The summed E-state index contributed by atoms with van der Waals surface area (Å²) in [7, 11) is 1.24. The zero-order valence-corrected chi connectivity index (χ0v) is 12.8. The van der Waals surface area contributed by atoms with Crippen molar-refractivity contribution in [1.29, 1.82) is 0 Å². The van der Waals surface area contributed by atoms with Gasteiger partial charge in [-0.05, 0) is 34.9 Å². The fourth-order valence-electron chi connectivity index (χ4n) is 2.61. The highest BCUT2D eigenvalue weighted by atomic mass is 19.4. The normalized spacial score (nSPS) is 11.3. The van der Waals surface area contributed by atoms with Crippen molar-refractivity contribution in [3.63, 3.8) is 0 Å². The van der Waals surface area contributed by atoms with Gasteiger partial charge in [-0.2, -0.15) is 13.2 Å². The van der Waals surface area contributed by atoms with Gasteiger partial charge in [0.2, 0.25) is 0 Å². The van der Waals surface area contributed by atoms with Gasteiger partial charge in [0.25, 0.3) is 0 Å². The Balaban J connectivity index is 2.31. The highest BCUT2D eigenvalue weighted by molar-refractivity contribution is 5.78. The maximum absolute atomic E-state index is 13.6. The molecule has 0 radical (unpaired) electrons. The second kappa shape index (κ2) is 6.35. The summed E-state index contributed by atoms with van der Waals surface area (Å²) >= 11 is 0. The van der Waals surface area contributed by atoms with E-state index in [1.165, 1.54) is 19.2 Å². The van der Waals surface area contributed by atoms with E-state index in [9.17, 15) is 13.2 Å². The fourth-order valence-corrected chi connectivity index (χ4v) is 2.61. The zero-order chi connectivity index (χ0) is 17.2.